The molecule has 110 valence electrons. The van der Waals surface area contributed by atoms with E-state index >= 15 is 0 Å². The molecule has 2 aromatic heterocycles. The summed E-state index contributed by atoms with van der Waals surface area (Å²) in [5.74, 6) is -0.0607. The van der Waals surface area contributed by atoms with Crippen LogP contribution in [0.3, 0.4) is 0 Å². The van der Waals surface area contributed by atoms with Crippen molar-refractivity contribution in [3.8, 4) is 0 Å². The van der Waals surface area contributed by atoms with Gasteiger partial charge in [0.15, 0.2) is 0 Å². The molecule has 0 saturated carbocycles. The van der Waals surface area contributed by atoms with Crippen molar-refractivity contribution in [3.63, 3.8) is 0 Å². The van der Waals surface area contributed by atoms with Gasteiger partial charge in [0.05, 0.1) is 17.9 Å². The van der Waals surface area contributed by atoms with E-state index in [0.717, 1.165) is 5.56 Å². The standard InChI is InChI=1S/C15H15NO4S/c1-3-19-15(18)14-10(2)9-13(21-14)16-12(17)7-6-11-5-4-8-20-11/h4-9H,3H2,1-2H3,(H,16,17). The average molecular weight is 305 g/mol. The first-order chi connectivity index (χ1) is 10.1. The number of furan rings is 1. The highest BCUT2D eigenvalue weighted by atomic mass is 32.1. The maximum Gasteiger partial charge on any atom is 0.348 e. The van der Waals surface area contributed by atoms with Crippen molar-refractivity contribution in [1.82, 2.24) is 0 Å². The van der Waals surface area contributed by atoms with Crippen LogP contribution in [0.25, 0.3) is 6.08 Å². The van der Waals surface area contributed by atoms with Crippen molar-refractivity contribution >= 4 is 34.3 Å². The minimum Gasteiger partial charge on any atom is -0.465 e. The molecule has 0 atom stereocenters. The van der Waals surface area contributed by atoms with E-state index in [9.17, 15) is 9.59 Å². The number of amides is 1. The summed E-state index contributed by atoms with van der Waals surface area (Å²) in [6.07, 6.45) is 4.48. The van der Waals surface area contributed by atoms with Crippen LogP contribution in [-0.4, -0.2) is 18.5 Å². The van der Waals surface area contributed by atoms with Gasteiger partial charge in [0.25, 0.3) is 0 Å². The SMILES string of the molecule is CCOC(=O)c1sc(NC(=O)C=Cc2ccco2)cc1C. The Morgan fingerprint density at radius 1 is 1.48 bits per heavy atom. The lowest BCUT2D eigenvalue weighted by molar-refractivity contribution is -0.111. The second-order valence-corrected chi connectivity index (χ2v) is 5.23. The van der Waals surface area contributed by atoms with Crippen molar-refractivity contribution in [1.29, 1.82) is 0 Å². The molecule has 5 nitrogen and oxygen atoms in total. The van der Waals surface area contributed by atoms with Crippen LogP contribution < -0.4 is 5.32 Å². The van der Waals surface area contributed by atoms with Gasteiger partial charge in [0, 0.05) is 6.08 Å². The van der Waals surface area contributed by atoms with Gasteiger partial charge in [-0.15, -0.1) is 11.3 Å². The van der Waals surface area contributed by atoms with E-state index in [-0.39, 0.29) is 11.9 Å². The predicted molar refractivity (Wildman–Crippen MR) is 81.4 cm³/mol. The summed E-state index contributed by atoms with van der Waals surface area (Å²) in [5, 5.41) is 3.31. The predicted octanol–water partition coefficient (Wildman–Crippen LogP) is 3.48. The average Bonchev–Trinajstić information content (AvgIpc) is 3.06. The number of hydrogen-bond acceptors (Lipinski definition) is 5. The van der Waals surface area contributed by atoms with Crippen molar-refractivity contribution in [2.75, 3.05) is 11.9 Å². The largest absolute Gasteiger partial charge is 0.465 e. The number of anilines is 1. The van der Waals surface area contributed by atoms with Crippen LogP contribution in [0.2, 0.25) is 0 Å². The van der Waals surface area contributed by atoms with E-state index in [4.69, 9.17) is 9.15 Å². The molecule has 0 spiro atoms. The van der Waals surface area contributed by atoms with E-state index in [1.807, 2.05) is 0 Å². The highest BCUT2D eigenvalue weighted by Gasteiger charge is 2.15. The summed E-state index contributed by atoms with van der Waals surface area (Å²) in [5.41, 5.74) is 0.781. The molecule has 0 aliphatic heterocycles. The molecule has 0 radical (unpaired) electrons. The smallest absolute Gasteiger partial charge is 0.348 e. The number of aryl methyl sites for hydroxylation is 1. The minimum absolute atomic E-state index is 0.289. The summed E-state index contributed by atoms with van der Waals surface area (Å²) < 4.78 is 10.0. The van der Waals surface area contributed by atoms with E-state index in [2.05, 4.69) is 5.32 Å². The summed E-state index contributed by atoms with van der Waals surface area (Å²) >= 11 is 1.20. The maximum absolute atomic E-state index is 11.8. The molecule has 21 heavy (non-hydrogen) atoms. The van der Waals surface area contributed by atoms with Crippen LogP contribution in [0.4, 0.5) is 5.00 Å². The maximum atomic E-state index is 11.8. The van der Waals surface area contributed by atoms with Crippen molar-refractivity contribution in [2.45, 2.75) is 13.8 Å². The Morgan fingerprint density at radius 3 is 2.95 bits per heavy atom. The Kier molecular flexibility index (Phi) is 4.94. The molecule has 0 bridgehead atoms. The lowest BCUT2D eigenvalue weighted by Crippen LogP contribution is -2.06. The number of carbonyl (C=O) groups is 2. The number of ether oxygens (including phenoxy) is 1. The number of thiophene rings is 1. The molecular formula is C15H15NO4S. The molecule has 1 amide bonds. The Balaban J connectivity index is 2.01. The Morgan fingerprint density at radius 2 is 2.29 bits per heavy atom. The third-order valence-electron chi connectivity index (χ3n) is 2.57. The van der Waals surface area contributed by atoms with Gasteiger partial charge in [0.1, 0.15) is 10.6 Å². The number of rotatable bonds is 5. The van der Waals surface area contributed by atoms with E-state index in [1.54, 1.807) is 38.1 Å². The van der Waals surface area contributed by atoms with Crippen LogP contribution in [0, 0.1) is 6.92 Å². The van der Waals surface area contributed by atoms with Gasteiger partial charge in [-0.05, 0) is 43.7 Å². The van der Waals surface area contributed by atoms with Crippen molar-refractivity contribution < 1.29 is 18.7 Å². The zero-order chi connectivity index (χ0) is 15.2. The zero-order valence-corrected chi connectivity index (χ0v) is 12.5. The Bertz CT molecular complexity index is 655. The molecule has 0 aliphatic carbocycles. The van der Waals surface area contributed by atoms with Gasteiger partial charge >= 0.3 is 5.97 Å². The molecule has 2 rings (SSSR count). The molecule has 2 aromatic rings. The van der Waals surface area contributed by atoms with Crippen LogP contribution in [-0.2, 0) is 9.53 Å². The minimum atomic E-state index is -0.369. The first kappa shape index (κ1) is 15.1. The topological polar surface area (TPSA) is 68.5 Å². The van der Waals surface area contributed by atoms with Gasteiger partial charge in [-0.3, -0.25) is 4.79 Å². The lowest BCUT2D eigenvalue weighted by Gasteiger charge is -1.99. The molecule has 1 N–H and O–H groups in total. The molecular weight excluding hydrogens is 290 g/mol. The summed E-state index contributed by atoms with van der Waals surface area (Å²) in [4.78, 5) is 24.0. The molecule has 0 saturated heterocycles. The fourth-order valence-corrected chi connectivity index (χ4v) is 2.62. The molecule has 0 unspecified atom stereocenters. The second-order valence-electron chi connectivity index (χ2n) is 4.18. The van der Waals surface area contributed by atoms with Crippen molar-refractivity contribution in [2.24, 2.45) is 0 Å². The molecule has 0 aromatic carbocycles. The first-order valence-electron chi connectivity index (χ1n) is 6.40. The number of carbonyl (C=O) groups excluding carboxylic acids is 2. The Labute approximate surface area is 126 Å². The van der Waals surface area contributed by atoms with Crippen LogP contribution in [0.1, 0.15) is 27.9 Å². The van der Waals surface area contributed by atoms with Crippen LogP contribution in [0.15, 0.2) is 35.0 Å². The van der Waals surface area contributed by atoms with Crippen molar-refractivity contribution in [3.05, 3.63) is 46.7 Å². The number of nitrogens with one attached hydrogen (secondary N) is 1. The molecule has 6 heteroatoms. The fourth-order valence-electron chi connectivity index (χ4n) is 1.65. The third-order valence-corrected chi connectivity index (χ3v) is 3.70. The fraction of sp³-hybridized carbons (Fsp3) is 0.200. The Hall–Kier alpha value is -2.34. The molecule has 2 heterocycles. The van der Waals surface area contributed by atoms with Gasteiger partial charge in [-0.2, -0.15) is 0 Å². The van der Waals surface area contributed by atoms with Gasteiger partial charge < -0.3 is 14.5 Å². The van der Waals surface area contributed by atoms with Crippen LogP contribution >= 0.6 is 11.3 Å². The van der Waals surface area contributed by atoms with Gasteiger partial charge in [0.2, 0.25) is 5.91 Å². The van der Waals surface area contributed by atoms with Gasteiger partial charge in [-0.25, -0.2) is 4.79 Å². The summed E-state index contributed by atoms with van der Waals surface area (Å²) in [6.45, 7) is 3.88. The molecule has 0 fully saturated rings. The number of esters is 1. The second kappa shape index (κ2) is 6.90. The third kappa shape index (κ3) is 4.06. The summed E-state index contributed by atoms with van der Waals surface area (Å²) in [6, 6.07) is 5.24. The normalized spacial score (nSPS) is 10.8. The quantitative estimate of drug-likeness (QED) is 0.678. The zero-order valence-electron chi connectivity index (χ0n) is 11.7. The molecule has 0 aliphatic rings. The van der Waals surface area contributed by atoms with Gasteiger partial charge in [-0.1, -0.05) is 0 Å². The highest BCUT2D eigenvalue weighted by molar-refractivity contribution is 7.18. The monoisotopic (exact) mass is 305 g/mol. The summed E-state index contributed by atoms with van der Waals surface area (Å²) in [7, 11) is 0. The first-order valence-corrected chi connectivity index (χ1v) is 7.22. The van der Waals surface area contributed by atoms with E-state index < -0.39 is 0 Å². The van der Waals surface area contributed by atoms with Crippen LogP contribution in [0.5, 0.6) is 0 Å². The number of hydrogen-bond donors (Lipinski definition) is 1. The highest BCUT2D eigenvalue weighted by Crippen LogP contribution is 2.27. The lowest BCUT2D eigenvalue weighted by atomic mass is 10.3. The van der Waals surface area contributed by atoms with E-state index in [0.29, 0.717) is 22.2 Å². The van der Waals surface area contributed by atoms with E-state index in [1.165, 1.54) is 23.7 Å².